The molecule has 14 heavy (non-hydrogen) atoms. The van der Waals surface area contributed by atoms with Gasteiger partial charge >= 0.3 is 0 Å². The second-order valence-corrected chi connectivity index (χ2v) is 4.01. The standard InChI is InChI=1S/C10H17N3O/c1-3-4-13-10(14)8-5-7(2)11-6-9(8)12-13/h7,11-12H,3-6H2,1-2H3. The zero-order valence-corrected chi connectivity index (χ0v) is 8.76. The summed E-state index contributed by atoms with van der Waals surface area (Å²) < 4.78 is 1.73. The third kappa shape index (κ3) is 1.50. The van der Waals surface area contributed by atoms with Crippen LogP contribution in [0.2, 0.25) is 0 Å². The Balaban J connectivity index is 2.36. The van der Waals surface area contributed by atoms with Gasteiger partial charge in [0.2, 0.25) is 0 Å². The largest absolute Gasteiger partial charge is 0.308 e. The van der Waals surface area contributed by atoms with Crippen LogP contribution in [-0.2, 0) is 19.5 Å². The molecule has 0 aromatic carbocycles. The van der Waals surface area contributed by atoms with Crippen molar-refractivity contribution in [3.63, 3.8) is 0 Å². The van der Waals surface area contributed by atoms with Crippen molar-refractivity contribution < 1.29 is 0 Å². The van der Waals surface area contributed by atoms with Gasteiger partial charge in [-0.05, 0) is 19.8 Å². The van der Waals surface area contributed by atoms with Gasteiger partial charge in [0.25, 0.3) is 5.56 Å². The fourth-order valence-electron chi connectivity index (χ4n) is 1.97. The lowest BCUT2D eigenvalue weighted by Crippen LogP contribution is -2.34. The van der Waals surface area contributed by atoms with Gasteiger partial charge in [0.1, 0.15) is 0 Å². The number of aromatic amines is 1. The van der Waals surface area contributed by atoms with Gasteiger partial charge in [0.15, 0.2) is 0 Å². The topological polar surface area (TPSA) is 49.8 Å². The Morgan fingerprint density at radius 3 is 3.07 bits per heavy atom. The SMILES string of the molecule is CCCn1[nH]c2c(c1=O)CC(C)NC2. The summed E-state index contributed by atoms with van der Waals surface area (Å²) in [5.41, 5.74) is 2.22. The summed E-state index contributed by atoms with van der Waals surface area (Å²) in [6.45, 7) is 5.77. The van der Waals surface area contributed by atoms with Crippen LogP contribution in [0.25, 0.3) is 0 Å². The van der Waals surface area contributed by atoms with Gasteiger partial charge in [-0.1, -0.05) is 6.92 Å². The molecule has 0 spiro atoms. The molecular formula is C10H17N3O. The number of fused-ring (bicyclic) bond motifs is 1. The quantitative estimate of drug-likeness (QED) is 0.727. The van der Waals surface area contributed by atoms with E-state index in [0.717, 1.165) is 37.2 Å². The molecule has 0 amide bonds. The van der Waals surface area contributed by atoms with Gasteiger partial charge in [-0.3, -0.25) is 14.6 Å². The van der Waals surface area contributed by atoms with Gasteiger partial charge < -0.3 is 5.32 Å². The number of H-pyrrole nitrogens is 1. The summed E-state index contributed by atoms with van der Waals surface area (Å²) in [5.74, 6) is 0. The maximum atomic E-state index is 11.9. The van der Waals surface area contributed by atoms with E-state index in [9.17, 15) is 4.79 Å². The number of rotatable bonds is 2. The molecule has 1 unspecified atom stereocenters. The fraction of sp³-hybridized carbons (Fsp3) is 0.700. The Hall–Kier alpha value is -1.03. The fourth-order valence-corrected chi connectivity index (χ4v) is 1.97. The van der Waals surface area contributed by atoms with Crippen molar-refractivity contribution in [2.24, 2.45) is 0 Å². The lowest BCUT2D eigenvalue weighted by molar-refractivity contribution is 0.504. The van der Waals surface area contributed by atoms with E-state index in [1.165, 1.54) is 0 Å². The first-order valence-corrected chi connectivity index (χ1v) is 5.26. The van der Waals surface area contributed by atoms with Crippen molar-refractivity contribution in [1.82, 2.24) is 15.1 Å². The zero-order chi connectivity index (χ0) is 10.1. The van der Waals surface area contributed by atoms with Crippen molar-refractivity contribution >= 4 is 0 Å². The van der Waals surface area contributed by atoms with Crippen LogP contribution in [0.5, 0.6) is 0 Å². The molecule has 4 nitrogen and oxygen atoms in total. The Morgan fingerprint density at radius 1 is 1.57 bits per heavy atom. The van der Waals surface area contributed by atoms with Crippen molar-refractivity contribution in [1.29, 1.82) is 0 Å². The van der Waals surface area contributed by atoms with Crippen LogP contribution in [-0.4, -0.2) is 15.8 Å². The second-order valence-electron chi connectivity index (χ2n) is 4.01. The van der Waals surface area contributed by atoms with Crippen LogP contribution in [0.3, 0.4) is 0 Å². The molecule has 0 radical (unpaired) electrons. The van der Waals surface area contributed by atoms with Gasteiger partial charge in [-0.25, -0.2) is 0 Å². The average Bonchev–Trinajstić information content (AvgIpc) is 2.46. The summed E-state index contributed by atoms with van der Waals surface area (Å²) in [5, 5.41) is 6.50. The minimum absolute atomic E-state index is 0.176. The van der Waals surface area contributed by atoms with Crippen molar-refractivity contribution in [2.75, 3.05) is 0 Å². The summed E-state index contributed by atoms with van der Waals surface area (Å²) in [7, 11) is 0. The van der Waals surface area contributed by atoms with Crippen molar-refractivity contribution in [3.05, 3.63) is 21.6 Å². The number of aryl methyl sites for hydroxylation is 1. The Kier molecular flexibility index (Phi) is 2.46. The highest BCUT2D eigenvalue weighted by atomic mass is 16.1. The molecule has 1 aromatic rings. The predicted octanol–water partition coefficient (Wildman–Crippen LogP) is 0.621. The molecule has 1 aliphatic heterocycles. The van der Waals surface area contributed by atoms with Crippen molar-refractivity contribution in [2.45, 2.75) is 45.8 Å². The lowest BCUT2D eigenvalue weighted by atomic mass is 10.0. The first-order valence-electron chi connectivity index (χ1n) is 5.26. The molecule has 0 saturated heterocycles. The highest BCUT2D eigenvalue weighted by molar-refractivity contribution is 5.21. The molecule has 0 saturated carbocycles. The molecule has 0 fully saturated rings. The highest BCUT2D eigenvalue weighted by Crippen LogP contribution is 2.10. The van der Waals surface area contributed by atoms with Gasteiger partial charge in [0.05, 0.1) is 5.69 Å². The third-order valence-electron chi connectivity index (χ3n) is 2.72. The molecule has 1 aliphatic rings. The van der Waals surface area contributed by atoms with Gasteiger partial charge in [-0.2, -0.15) is 0 Å². The Morgan fingerprint density at radius 2 is 2.36 bits per heavy atom. The molecule has 2 rings (SSSR count). The lowest BCUT2D eigenvalue weighted by Gasteiger charge is -2.18. The van der Waals surface area contributed by atoms with E-state index in [1.807, 2.05) is 0 Å². The van der Waals surface area contributed by atoms with Crippen LogP contribution < -0.4 is 10.9 Å². The summed E-state index contributed by atoms with van der Waals surface area (Å²) in [6, 6.07) is 0.418. The van der Waals surface area contributed by atoms with E-state index >= 15 is 0 Å². The molecule has 0 bridgehead atoms. The predicted molar refractivity (Wildman–Crippen MR) is 55.3 cm³/mol. The molecular weight excluding hydrogens is 178 g/mol. The third-order valence-corrected chi connectivity index (χ3v) is 2.72. The molecule has 1 aromatic heterocycles. The van der Waals surface area contributed by atoms with Crippen LogP contribution in [0.15, 0.2) is 4.79 Å². The summed E-state index contributed by atoms with van der Waals surface area (Å²) in [6.07, 6.45) is 1.84. The number of nitrogens with zero attached hydrogens (tertiary/aromatic N) is 1. The van der Waals surface area contributed by atoms with E-state index < -0.39 is 0 Å². The van der Waals surface area contributed by atoms with E-state index in [0.29, 0.717) is 6.04 Å². The summed E-state index contributed by atoms with van der Waals surface area (Å²) >= 11 is 0. The molecule has 2 N–H and O–H groups in total. The minimum Gasteiger partial charge on any atom is -0.308 e. The second kappa shape index (κ2) is 3.61. The van der Waals surface area contributed by atoms with E-state index in [2.05, 4.69) is 24.3 Å². The van der Waals surface area contributed by atoms with E-state index in [1.54, 1.807) is 4.68 Å². The molecule has 4 heteroatoms. The molecule has 78 valence electrons. The van der Waals surface area contributed by atoms with Crippen LogP contribution >= 0.6 is 0 Å². The number of nitrogens with one attached hydrogen (secondary N) is 2. The minimum atomic E-state index is 0.176. The van der Waals surface area contributed by atoms with Gasteiger partial charge in [0, 0.05) is 24.7 Å². The van der Waals surface area contributed by atoms with Crippen LogP contribution in [0.4, 0.5) is 0 Å². The Bertz CT molecular complexity index is 377. The van der Waals surface area contributed by atoms with E-state index in [4.69, 9.17) is 0 Å². The number of hydrogen-bond donors (Lipinski definition) is 2. The highest BCUT2D eigenvalue weighted by Gasteiger charge is 2.20. The first-order chi connectivity index (χ1) is 6.72. The Labute approximate surface area is 83.3 Å². The van der Waals surface area contributed by atoms with Crippen LogP contribution in [0, 0.1) is 0 Å². The van der Waals surface area contributed by atoms with Crippen LogP contribution in [0.1, 0.15) is 31.5 Å². The number of aromatic nitrogens is 2. The molecule has 2 heterocycles. The number of hydrogen-bond acceptors (Lipinski definition) is 2. The average molecular weight is 195 g/mol. The van der Waals surface area contributed by atoms with Crippen molar-refractivity contribution in [3.8, 4) is 0 Å². The first kappa shape index (κ1) is 9.52. The molecule has 0 aliphatic carbocycles. The van der Waals surface area contributed by atoms with E-state index in [-0.39, 0.29) is 5.56 Å². The zero-order valence-electron chi connectivity index (χ0n) is 8.76. The maximum Gasteiger partial charge on any atom is 0.270 e. The summed E-state index contributed by atoms with van der Waals surface area (Å²) in [4.78, 5) is 11.9. The smallest absolute Gasteiger partial charge is 0.270 e. The monoisotopic (exact) mass is 195 g/mol. The normalized spacial score (nSPS) is 20.9. The van der Waals surface area contributed by atoms with Gasteiger partial charge in [-0.15, -0.1) is 0 Å². The maximum absolute atomic E-state index is 11.9. The molecule has 1 atom stereocenters.